The minimum Gasteiger partial charge on any atom is -0.411 e. The van der Waals surface area contributed by atoms with Gasteiger partial charge in [0.25, 0.3) is 0 Å². The normalized spacial score (nSPS) is 26.7. The van der Waals surface area contributed by atoms with Gasteiger partial charge in [-0.25, -0.2) is 0 Å². The van der Waals surface area contributed by atoms with Crippen LogP contribution in [0.1, 0.15) is 77.6 Å². The number of nitrogens with zero attached hydrogens (tertiary/aromatic N) is 1. The maximum atomic E-state index is 10.3. The first-order valence-electron chi connectivity index (χ1n) is 10.00. The Morgan fingerprint density at radius 3 is 2.52 bits per heavy atom. The topological polar surface area (TPSA) is 93.3 Å². The van der Waals surface area contributed by atoms with Gasteiger partial charge in [0.2, 0.25) is 0 Å². The molecule has 0 amide bonds. The molecular formula is C20H37NO4. The van der Waals surface area contributed by atoms with Crippen molar-refractivity contribution in [3.05, 3.63) is 12.2 Å². The van der Waals surface area contributed by atoms with E-state index in [1.807, 2.05) is 6.08 Å². The molecule has 25 heavy (non-hydrogen) atoms. The zero-order chi connectivity index (χ0) is 18.5. The fourth-order valence-corrected chi connectivity index (χ4v) is 3.69. The molecule has 4 N–H and O–H groups in total. The second-order valence-electron chi connectivity index (χ2n) is 7.28. The van der Waals surface area contributed by atoms with Gasteiger partial charge in [-0.05, 0) is 25.2 Å². The Labute approximate surface area is 152 Å². The minimum atomic E-state index is -0.477. The molecule has 1 aliphatic rings. The number of hydrogen-bond acceptors (Lipinski definition) is 5. The van der Waals surface area contributed by atoms with E-state index in [2.05, 4.69) is 12.1 Å². The molecule has 0 aromatic carbocycles. The van der Waals surface area contributed by atoms with E-state index < -0.39 is 12.2 Å². The Kier molecular flexibility index (Phi) is 11.8. The lowest BCUT2D eigenvalue weighted by molar-refractivity contribution is 0.116. The lowest BCUT2D eigenvalue weighted by Gasteiger charge is -2.19. The molecule has 146 valence electrons. The van der Waals surface area contributed by atoms with E-state index in [0.717, 1.165) is 64.2 Å². The number of aliphatic hydroxyl groups is 3. The van der Waals surface area contributed by atoms with Crippen LogP contribution in [0.2, 0.25) is 0 Å². The van der Waals surface area contributed by atoms with Gasteiger partial charge < -0.3 is 20.5 Å². The first kappa shape index (κ1) is 22.1. The number of aliphatic hydroxyl groups excluding tert-OH is 3. The van der Waals surface area contributed by atoms with Crippen LogP contribution in [0, 0.1) is 11.8 Å². The highest BCUT2D eigenvalue weighted by Crippen LogP contribution is 2.35. The van der Waals surface area contributed by atoms with Crippen molar-refractivity contribution in [2.75, 3.05) is 6.61 Å². The molecule has 0 spiro atoms. The zero-order valence-electron chi connectivity index (χ0n) is 15.7. The summed E-state index contributed by atoms with van der Waals surface area (Å²) in [5, 5.41) is 41.8. The van der Waals surface area contributed by atoms with E-state index in [4.69, 9.17) is 5.11 Å². The zero-order valence-corrected chi connectivity index (χ0v) is 15.7. The highest BCUT2D eigenvalue weighted by Gasteiger charge is 2.38. The molecule has 4 atom stereocenters. The van der Waals surface area contributed by atoms with Gasteiger partial charge in [-0.3, -0.25) is 0 Å². The number of unbranched alkanes of at least 4 members (excludes halogenated alkanes) is 6. The molecule has 0 aliphatic heterocycles. The maximum absolute atomic E-state index is 10.3. The maximum Gasteiger partial charge on any atom is 0.0721 e. The minimum absolute atomic E-state index is 0.0582. The van der Waals surface area contributed by atoms with Crippen molar-refractivity contribution >= 4 is 5.71 Å². The molecule has 0 aromatic rings. The molecule has 0 bridgehead atoms. The van der Waals surface area contributed by atoms with Crippen LogP contribution < -0.4 is 0 Å². The van der Waals surface area contributed by atoms with Gasteiger partial charge in [0.05, 0.1) is 17.9 Å². The van der Waals surface area contributed by atoms with Crippen LogP contribution in [0.25, 0.3) is 0 Å². The van der Waals surface area contributed by atoms with Crippen molar-refractivity contribution < 1.29 is 20.5 Å². The van der Waals surface area contributed by atoms with Gasteiger partial charge in [-0.15, -0.1) is 0 Å². The fourth-order valence-electron chi connectivity index (χ4n) is 3.69. The Morgan fingerprint density at radius 2 is 1.84 bits per heavy atom. The highest BCUT2D eigenvalue weighted by molar-refractivity contribution is 5.90. The van der Waals surface area contributed by atoms with Gasteiger partial charge in [0.15, 0.2) is 0 Å². The van der Waals surface area contributed by atoms with Crippen LogP contribution >= 0.6 is 0 Å². The summed E-state index contributed by atoms with van der Waals surface area (Å²) in [6, 6.07) is 0. The van der Waals surface area contributed by atoms with Crippen LogP contribution in [0.4, 0.5) is 0 Å². The predicted molar refractivity (Wildman–Crippen MR) is 101 cm³/mol. The molecule has 1 aliphatic carbocycles. The summed E-state index contributed by atoms with van der Waals surface area (Å²) in [5.74, 6) is -0.0268. The summed E-state index contributed by atoms with van der Waals surface area (Å²) in [7, 11) is 0. The summed E-state index contributed by atoms with van der Waals surface area (Å²) in [6.45, 7) is 2.39. The van der Waals surface area contributed by atoms with Crippen LogP contribution in [-0.2, 0) is 0 Å². The average molecular weight is 356 g/mol. The third-order valence-electron chi connectivity index (χ3n) is 5.23. The number of rotatable bonds is 13. The third kappa shape index (κ3) is 8.34. The molecule has 0 aromatic heterocycles. The standard InChI is InChI=1S/C20H37NO4/c1-2-3-7-10-16(23)12-13-17-18(20(24)15-19(17)21-25)11-8-5-4-6-9-14-22/h12-13,16-18,20,22-25H,2-11,14-15H2,1H3/b13-12+,21-19-. The lowest BCUT2D eigenvalue weighted by Crippen LogP contribution is -2.19. The summed E-state index contributed by atoms with van der Waals surface area (Å²) >= 11 is 0. The molecule has 5 nitrogen and oxygen atoms in total. The molecule has 0 heterocycles. The van der Waals surface area contributed by atoms with E-state index in [9.17, 15) is 15.4 Å². The Balaban J connectivity index is 2.50. The molecule has 4 unspecified atom stereocenters. The Morgan fingerprint density at radius 1 is 1.12 bits per heavy atom. The molecule has 0 saturated heterocycles. The second-order valence-corrected chi connectivity index (χ2v) is 7.28. The van der Waals surface area contributed by atoms with Crippen LogP contribution in [-0.4, -0.2) is 45.1 Å². The largest absolute Gasteiger partial charge is 0.411 e. The van der Waals surface area contributed by atoms with Gasteiger partial charge >= 0.3 is 0 Å². The van der Waals surface area contributed by atoms with Crippen molar-refractivity contribution in [1.82, 2.24) is 0 Å². The van der Waals surface area contributed by atoms with Crippen molar-refractivity contribution in [2.45, 2.75) is 89.8 Å². The number of hydrogen-bond donors (Lipinski definition) is 4. The number of oxime groups is 1. The number of allylic oxidation sites excluding steroid dienone is 1. The van der Waals surface area contributed by atoms with E-state index in [0.29, 0.717) is 12.1 Å². The van der Waals surface area contributed by atoms with Gasteiger partial charge in [-0.2, -0.15) is 0 Å². The smallest absolute Gasteiger partial charge is 0.0721 e. The van der Waals surface area contributed by atoms with Crippen molar-refractivity contribution in [1.29, 1.82) is 0 Å². The predicted octanol–water partition coefficient (Wildman–Crippen LogP) is 3.64. The first-order chi connectivity index (χ1) is 12.1. The van der Waals surface area contributed by atoms with Crippen molar-refractivity contribution in [3.8, 4) is 0 Å². The van der Waals surface area contributed by atoms with Crippen molar-refractivity contribution in [3.63, 3.8) is 0 Å². The lowest BCUT2D eigenvalue weighted by atomic mass is 9.88. The van der Waals surface area contributed by atoms with E-state index in [1.165, 1.54) is 0 Å². The SMILES string of the molecule is CCCCCC(O)/C=C/C1/C(=N\O)CC(O)C1CCCCCCCO. The quantitative estimate of drug-likeness (QED) is 0.176. The first-order valence-corrected chi connectivity index (χ1v) is 10.00. The van der Waals surface area contributed by atoms with Gasteiger partial charge in [-0.1, -0.05) is 69.2 Å². The van der Waals surface area contributed by atoms with Crippen LogP contribution in [0.15, 0.2) is 17.3 Å². The molecule has 1 rings (SSSR count). The summed E-state index contributed by atoms with van der Waals surface area (Å²) in [6.07, 6.45) is 13.2. The molecule has 1 fully saturated rings. The van der Waals surface area contributed by atoms with Crippen LogP contribution in [0.3, 0.4) is 0 Å². The average Bonchev–Trinajstić information content (AvgIpc) is 2.91. The summed E-state index contributed by atoms with van der Waals surface area (Å²) in [4.78, 5) is 0. The van der Waals surface area contributed by atoms with Gasteiger partial charge in [0, 0.05) is 18.9 Å². The third-order valence-corrected chi connectivity index (χ3v) is 5.23. The monoisotopic (exact) mass is 355 g/mol. The van der Waals surface area contributed by atoms with Crippen molar-refractivity contribution in [2.24, 2.45) is 17.0 Å². The molecule has 1 saturated carbocycles. The fraction of sp³-hybridized carbons (Fsp3) is 0.850. The summed E-state index contributed by atoms with van der Waals surface area (Å²) in [5.41, 5.74) is 0.620. The highest BCUT2D eigenvalue weighted by atomic mass is 16.4. The van der Waals surface area contributed by atoms with E-state index in [1.54, 1.807) is 6.08 Å². The van der Waals surface area contributed by atoms with Crippen LogP contribution in [0.5, 0.6) is 0 Å². The molecular weight excluding hydrogens is 318 g/mol. The van der Waals surface area contributed by atoms with Gasteiger partial charge in [0.1, 0.15) is 0 Å². The molecule has 5 heteroatoms. The Hall–Kier alpha value is -0.910. The molecule has 0 radical (unpaired) electrons. The second kappa shape index (κ2) is 13.3. The summed E-state index contributed by atoms with van der Waals surface area (Å²) < 4.78 is 0. The van der Waals surface area contributed by atoms with E-state index in [-0.39, 0.29) is 18.4 Å². The van der Waals surface area contributed by atoms with E-state index >= 15 is 0 Å². The Bertz CT molecular complexity index is 397.